The molecule has 1 aliphatic rings. The van der Waals surface area contributed by atoms with Crippen LogP contribution in [0.2, 0.25) is 0 Å². The fourth-order valence-corrected chi connectivity index (χ4v) is 3.40. The van der Waals surface area contributed by atoms with Crippen molar-refractivity contribution in [2.75, 3.05) is 6.79 Å². The Hall–Kier alpha value is -2.58. The van der Waals surface area contributed by atoms with Gasteiger partial charge < -0.3 is 14.2 Å². The number of carbonyl (C=O) groups excluding carboxylic acids is 1. The molecule has 0 fully saturated rings. The number of rotatable bonds is 6. The average molecular weight is 375 g/mol. The Kier molecular flexibility index (Phi) is 5.75. The molecule has 8 heteroatoms. The second-order valence-corrected chi connectivity index (χ2v) is 7.06. The highest BCUT2D eigenvalue weighted by Crippen LogP contribution is 2.33. The summed E-state index contributed by atoms with van der Waals surface area (Å²) in [4.78, 5) is 23.8. The van der Waals surface area contributed by atoms with Crippen LogP contribution >= 0.6 is 11.8 Å². The Labute approximate surface area is 154 Å². The summed E-state index contributed by atoms with van der Waals surface area (Å²) in [5.41, 5.74) is 0.946. The van der Waals surface area contributed by atoms with Gasteiger partial charge in [-0.15, -0.1) is 11.8 Å². The van der Waals surface area contributed by atoms with Gasteiger partial charge in [0.15, 0.2) is 6.79 Å². The maximum Gasteiger partial charge on any atom is 0.319 e. The van der Waals surface area contributed by atoms with Gasteiger partial charge >= 0.3 is 5.97 Å². The molecule has 0 spiro atoms. The normalized spacial score (nSPS) is 14.0. The van der Waals surface area contributed by atoms with Crippen molar-refractivity contribution in [1.29, 1.82) is 0 Å². The van der Waals surface area contributed by atoms with Crippen molar-refractivity contribution in [3.05, 3.63) is 63.7 Å². The SMILES string of the molecule is C[C@@H](Sc1ccccc1)C(=O)OCc1cc([N+](=O)[O-])cc2c1OCOC2. The Morgan fingerprint density at radius 2 is 2.12 bits per heavy atom. The number of fused-ring (bicyclic) bond motifs is 1. The molecule has 3 rings (SSSR count). The summed E-state index contributed by atoms with van der Waals surface area (Å²) in [5, 5.41) is 10.7. The lowest BCUT2D eigenvalue weighted by atomic mass is 10.1. The monoisotopic (exact) mass is 375 g/mol. The Bertz CT molecular complexity index is 811. The first-order valence-electron chi connectivity index (χ1n) is 7.93. The first-order valence-corrected chi connectivity index (χ1v) is 8.81. The molecular weight excluding hydrogens is 358 g/mol. The fraction of sp³-hybridized carbons (Fsp3) is 0.278. The van der Waals surface area contributed by atoms with Crippen LogP contribution in [0.25, 0.3) is 0 Å². The van der Waals surface area contributed by atoms with E-state index in [0.717, 1.165) is 4.90 Å². The summed E-state index contributed by atoms with van der Waals surface area (Å²) in [6.07, 6.45) is 0. The Balaban J connectivity index is 1.69. The lowest BCUT2D eigenvalue weighted by Crippen LogP contribution is -2.18. The standard InChI is InChI=1S/C18H17NO6S/c1-12(26-16-5-3-2-4-6-16)18(20)24-10-14-8-15(19(21)22)7-13-9-23-11-25-17(13)14/h2-8,12H,9-11H2,1H3/t12-/m1/s1. The Morgan fingerprint density at radius 3 is 2.85 bits per heavy atom. The summed E-state index contributed by atoms with van der Waals surface area (Å²) in [6, 6.07) is 12.3. The maximum atomic E-state index is 12.3. The van der Waals surface area contributed by atoms with Crippen LogP contribution in [-0.4, -0.2) is 22.9 Å². The average Bonchev–Trinajstić information content (AvgIpc) is 2.66. The van der Waals surface area contributed by atoms with Gasteiger partial charge in [-0.2, -0.15) is 0 Å². The van der Waals surface area contributed by atoms with E-state index < -0.39 is 16.1 Å². The van der Waals surface area contributed by atoms with Crippen LogP contribution in [0, 0.1) is 10.1 Å². The summed E-state index contributed by atoms with van der Waals surface area (Å²) < 4.78 is 16.0. The summed E-state index contributed by atoms with van der Waals surface area (Å²) >= 11 is 1.39. The first-order chi connectivity index (χ1) is 12.5. The van der Waals surface area contributed by atoms with Gasteiger partial charge in [-0.3, -0.25) is 14.9 Å². The molecule has 0 aromatic heterocycles. The van der Waals surface area contributed by atoms with Crippen LogP contribution in [0.1, 0.15) is 18.1 Å². The molecule has 1 heterocycles. The largest absolute Gasteiger partial charge is 0.467 e. The summed E-state index contributed by atoms with van der Waals surface area (Å²) in [5.74, 6) is 0.0872. The van der Waals surface area contributed by atoms with E-state index in [0.29, 0.717) is 16.9 Å². The molecule has 7 nitrogen and oxygen atoms in total. The van der Waals surface area contributed by atoms with Crippen LogP contribution < -0.4 is 4.74 Å². The number of hydrogen-bond donors (Lipinski definition) is 0. The van der Waals surface area contributed by atoms with Crippen molar-refractivity contribution in [2.24, 2.45) is 0 Å². The third-order valence-electron chi connectivity index (χ3n) is 3.74. The van der Waals surface area contributed by atoms with Gasteiger partial charge in [0.1, 0.15) is 17.6 Å². The van der Waals surface area contributed by atoms with Crippen molar-refractivity contribution in [3.63, 3.8) is 0 Å². The van der Waals surface area contributed by atoms with Crippen LogP contribution in [0.3, 0.4) is 0 Å². The fourth-order valence-electron chi connectivity index (χ4n) is 2.51. The third-order valence-corrected chi connectivity index (χ3v) is 4.83. The third kappa shape index (κ3) is 4.33. The quantitative estimate of drug-likeness (QED) is 0.329. The van der Waals surface area contributed by atoms with E-state index >= 15 is 0 Å². The predicted molar refractivity (Wildman–Crippen MR) is 94.9 cm³/mol. The van der Waals surface area contributed by atoms with Crippen LogP contribution in [0.4, 0.5) is 5.69 Å². The first kappa shape index (κ1) is 18.2. The smallest absolute Gasteiger partial charge is 0.319 e. The minimum Gasteiger partial charge on any atom is -0.467 e. The molecule has 0 bridgehead atoms. The predicted octanol–water partition coefficient (Wildman–Crippen LogP) is 3.69. The zero-order valence-electron chi connectivity index (χ0n) is 14.0. The molecule has 0 aliphatic carbocycles. The zero-order chi connectivity index (χ0) is 18.5. The van der Waals surface area contributed by atoms with E-state index in [-0.39, 0.29) is 25.7 Å². The van der Waals surface area contributed by atoms with Crippen molar-refractivity contribution in [2.45, 2.75) is 30.3 Å². The Morgan fingerprint density at radius 1 is 1.35 bits per heavy atom. The number of thioether (sulfide) groups is 1. The zero-order valence-corrected chi connectivity index (χ0v) is 14.9. The minimum absolute atomic E-state index is 0.0615. The van der Waals surface area contributed by atoms with Crippen molar-refractivity contribution < 1.29 is 23.9 Å². The summed E-state index contributed by atoms with van der Waals surface area (Å²) in [7, 11) is 0. The molecule has 0 amide bonds. The lowest BCUT2D eigenvalue weighted by Gasteiger charge is -2.20. The molecule has 0 saturated heterocycles. The molecule has 0 unspecified atom stereocenters. The second kappa shape index (κ2) is 8.20. The van der Waals surface area contributed by atoms with Crippen LogP contribution in [0.5, 0.6) is 5.75 Å². The molecule has 0 radical (unpaired) electrons. The second-order valence-electron chi connectivity index (χ2n) is 5.64. The molecule has 26 heavy (non-hydrogen) atoms. The van der Waals surface area contributed by atoms with Crippen molar-refractivity contribution >= 4 is 23.4 Å². The van der Waals surface area contributed by atoms with Gasteiger partial charge in [-0.05, 0) is 19.1 Å². The maximum absolute atomic E-state index is 12.3. The molecule has 0 N–H and O–H groups in total. The van der Waals surface area contributed by atoms with Gasteiger partial charge in [0, 0.05) is 28.2 Å². The number of hydrogen-bond acceptors (Lipinski definition) is 7. The topological polar surface area (TPSA) is 87.9 Å². The van der Waals surface area contributed by atoms with Gasteiger partial charge in [0.2, 0.25) is 0 Å². The van der Waals surface area contributed by atoms with Gasteiger partial charge in [-0.1, -0.05) is 18.2 Å². The molecule has 2 aromatic carbocycles. The molecule has 1 atom stereocenters. The van der Waals surface area contributed by atoms with Crippen LogP contribution in [-0.2, 0) is 27.5 Å². The van der Waals surface area contributed by atoms with E-state index in [4.69, 9.17) is 14.2 Å². The summed E-state index contributed by atoms with van der Waals surface area (Å²) in [6.45, 7) is 1.94. The number of carbonyl (C=O) groups is 1. The molecule has 0 saturated carbocycles. The van der Waals surface area contributed by atoms with Gasteiger partial charge in [-0.25, -0.2) is 0 Å². The highest BCUT2D eigenvalue weighted by atomic mass is 32.2. The minimum atomic E-state index is -0.492. The molecular formula is C18H17NO6S. The van der Waals surface area contributed by atoms with Crippen molar-refractivity contribution in [1.82, 2.24) is 0 Å². The number of nitrogens with zero attached hydrogens (tertiary/aromatic N) is 1. The molecule has 2 aromatic rings. The van der Waals surface area contributed by atoms with E-state index in [2.05, 4.69) is 0 Å². The van der Waals surface area contributed by atoms with E-state index in [1.807, 2.05) is 30.3 Å². The number of benzene rings is 2. The number of ether oxygens (including phenoxy) is 3. The molecule has 1 aliphatic heterocycles. The number of nitro groups is 1. The number of non-ortho nitro benzene ring substituents is 1. The number of esters is 1. The van der Waals surface area contributed by atoms with Gasteiger partial charge in [0.25, 0.3) is 5.69 Å². The van der Waals surface area contributed by atoms with Crippen molar-refractivity contribution in [3.8, 4) is 5.75 Å². The van der Waals surface area contributed by atoms with E-state index in [1.54, 1.807) is 6.92 Å². The highest BCUT2D eigenvalue weighted by Gasteiger charge is 2.23. The molecule has 136 valence electrons. The van der Waals surface area contributed by atoms with E-state index in [1.165, 1.54) is 23.9 Å². The van der Waals surface area contributed by atoms with Gasteiger partial charge in [0.05, 0.1) is 11.5 Å². The number of nitro benzene ring substituents is 1. The highest BCUT2D eigenvalue weighted by molar-refractivity contribution is 8.00. The van der Waals surface area contributed by atoms with Crippen LogP contribution in [0.15, 0.2) is 47.4 Å². The van der Waals surface area contributed by atoms with E-state index in [9.17, 15) is 14.9 Å². The lowest BCUT2D eigenvalue weighted by molar-refractivity contribution is -0.385.